The van der Waals surface area contributed by atoms with Crippen LogP contribution in [0.25, 0.3) is 73.0 Å². The number of hydrogen-bond acceptors (Lipinski definition) is 1. The maximum Gasteiger partial charge on any atom is 0.0541 e. The van der Waals surface area contributed by atoms with Gasteiger partial charge in [-0.3, -0.25) is 0 Å². The Morgan fingerprint density at radius 3 is 1.61 bits per heavy atom. The van der Waals surface area contributed by atoms with Gasteiger partial charge in [-0.1, -0.05) is 228 Å². The molecule has 2 heteroatoms. The molecule has 0 bridgehead atoms. The zero-order valence-corrected chi connectivity index (χ0v) is 42.9. The van der Waals surface area contributed by atoms with Gasteiger partial charge >= 0.3 is 0 Å². The van der Waals surface area contributed by atoms with Gasteiger partial charge in [-0.05, 0) is 158 Å². The minimum Gasteiger partial charge on any atom is -0.310 e. The van der Waals surface area contributed by atoms with Crippen LogP contribution in [0.5, 0.6) is 0 Å². The van der Waals surface area contributed by atoms with Crippen LogP contribution in [0.1, 0.15) is 72.4 Å². The summed E-state index contributed by atoms with van der Waals surface area (Å²) >= 11 is 0. The lowest BCUT2D eigenvalue weighted by molar-refractivity contribution is 0.423. The maximum absolute atomic E-state index is 3.97. The molecule has 1 heterocycles. The van der Waals surface area contributed by atoms with Gasteiger partial charge in [-0.25, -0.2) is 0 Å². The first-order valence-electron chi connectivity index (χ1n) is 26.9. The van der Waals surface area contributed by atoms with Crippen molar-refractivity contribution in [1.29, 1.82) is 0 Å². The molecule has 2 nitrogen and oxygen atoms in total. The molecule has 364 valence electrons. The summed E-state index contributed by atoms with van der Waals surface area (Å²) in [6, 6.07) is 90.1. The van der Waals surface area contributed by atoms with Crippen LogP contribution in [-0.2, 0) is 11.8 Å². The molecule has 12 rings (SSSR count). The third-order valence-corrected chi connectivity index (χ3v) is 16.1. The number of rotatable bonds is 17. The minimum atomic E-state index is -0.295. The van der Waals surface area contributed by atoms with Gasteiger partial charge in [0, 0.05) is 38.9 Å². The molecule has 11 aromatic rings. The zero-order valence-electron chi connectivity index (χ0n) is 42.9. The van der Waals surface area contributed by atoms with E-state index < -0.39 is 0 Å². The molecule has 1 aliphatic carbocycles. The molecule has 75 heavy (non-hydrogen) atoms. The van der Waals surface area contributed by atoms with Gasteiger partial charge in [0.15, 0.2) is 0 Å². The minimum absolute atomic E-state index is 0.295. The molecule has 2 atom stereocenters. The zero-order chi connectivity index (χ0) is 50.7. The highest BCUT2D eigenvalue weighted by atomic mass is 15.1. The highest BCUT2D eigenvalue weighted by Crippen LogP contribution is 2.56. The molecule has 0 saturated heterocycles. The van der Waals surface area contributed by atoms with E-state index in [-0.39, 0.29) is 5.41 Å². The first-order valence-corrected chi connectivity index (χ1v) is 26.9. The fourth-order valence-electron chi connectivity index (χ4n) is 12.2. The maximum atomic E-state index is 3.97. The van der Waals surface area contributed by atoms with Crippen molar-refractivity contribution in [1.82, 2.24) is 4.57 Å². The summed E-state index contributed by atoms with van der Waals surface area (Å²) in [6.45, 7) is 10.3. The Bertz CT molecular complexity index is 3790. The second-order valence-corrected chi connectivity index (χ2v) is 20.4. The van der Waals surface area contributed by atoms with Gasteiger partial charge < -0.3 is 9.47 Å². The van der Waals surface area contributed by atoms with Crippen molar-refractivity contribution in [3.63, 3.8) is 0 Å². The molecule has 1 aromatic heterocycles. The lowest BCUT2D eigenvalue weighted by atomic mass is 9.69. The van der Waals surface area contributed by atoms with Crippen molar-refractivity contribution in [3.8, 4) is 39.1 Å². The summed E-state index contributed by atoms with van der Waals surface area (Å²) in [5.41, 5.74) is 21.9. The lowest BCUT2D eigenvalue weighted by Gasteiger charge is -2.34. The Hall–Kier alpha value is -8.72. The normalized spacial score (nSPS) is 14.1. The number of hydrogen-bond donors (Lipinski definition) is 0. The van der Waals surface area contributed by atoms with Gasteiger partial charge in [-0.2, -0.15) is 0 Å². The van der Waals surface area contributed by atoms with Crippen molar-refractivity contribution in [2.75, 3.05) is 4.90 Å². The quantitative estimate of drug-likeness (QED) is 0.0826. The first-order chi connectivity index (χ1) is 37.0. The monoisotopic (exact) mass is 966 g/mol. The predicted octanol–water partition coefficient (Wildman–Crippen LogP) is 20.0. The number of para-hydroxylation sites is 2. The van der Waals surface area contributed by atoms with Gasteiger partial charge in [0.2, 0.25) is 0 Å². The van der Waals surface area contributed by atoms with Crippen molar-refractivity contribution >= 4 is 51.0 Å². The summed E-state index contributed by atoms with van der Waals surface area (Å²) in [7, 11) is 0. The fraction of sp³-hybridized carbons (Fsp3) is 0.123. The summed E-state index contributed by atoms with van der Waals surface area (Å²) in [6.07, 6.45) is 10.7. The smallest absolute Gasteiger partial charge is 0.0541 e. The highest BCUT2D eigenvalue weighted by Gasteiger charge is 2.44. The van der Waals surface area contributed by atoms with E-state index in [0.29, 0.717) is 5.92 Å². The van der Waals surface area contributed by atoms with Crippen LogP contribution >= 0.6 is 0 Å². The SMILES string of the molecule is C=Cc1ccc(CC(CC)CCCCC2(c3ccccc3)c3ccccc3-c3ccc(N(c4ccccc4)c4ccc(-c5ccc6c(c5)c5cc(-c7ccc(C=C)cc7)ccc5n6-c5ccccc5)cc4)cc32)cc1. The molecule has 0 spiro atoms. The topological polar surface area (TPSA) is 8.17 Å². The summed E-state index contributed by atoms with van der Waals surface area (Å²) in [5, 5.41) is 2.46. The summed E-state index contributed by atoms with van der Waals surface area (Å²) in [5.74, 6) is 0.650. The molecule has 10 aromatic carbocycles. The van der Waals surface area contributed by atoms with E-state index in [1.165, 1.54) is 102 Å². The Morgan fingerprint density at radius 1 is 0.467 bits per heavy atom. The summed E-state index contributed by atoms with van der Waals surface area (Å²) in [4.78, 5) is 2.44. The molecule has 0 saturated carbocycles. The Kier molecular flexibility index (Phi) is 13.0. The van der Waals surface area contributed by atoms with Crippen LogP contribution in [0.4, 0.5) is 17.1 Å². The van der Waals surface area contributed by atoms with Crippen molar-refractivity contribution in [2.24, 2.45) is 5.92 Å². The van der Waals surface area contributed by atoms with Gasteiger partial charge in [0.05, 0.1) is 11.0 Å². The average Bonchev–Trinajstić information content (AvgIpc) is 4.00. The van der Waals surface area contributed by atoms with Crippen LogP contribution in [0.2, 0.25) is 0 Å². The molecular weight excluding hydrogens is 905 g/mol. The Morgan fingerprint density at radius 2 is 0.987 bits per heavy atom. The standard InChI is InChI=1S/C73H62N2/c1-4-52-29-31-55(32-30-52)48-54(6-3)20-18-19-47-73(60-21-10-7-11-22-60)69-28-17-16-27-65(69)66-44-43-64(51-70(66)73)74(61-23-12-8-13-24-61)63-41-37-57(38-42-63)59-40-46-72-68(50-59)67-49-58(56-35-33-53(5-2)34-36-56)39-45-71(67)75(72)62-25-14-9-15-26-62/h4-5,7-17,21-46,49-51,54H,1-2,6,18-20,47-48H2,3H3. The van der Waals surface area contributed by atoms with Crippen molar-refractivity contribution in [2.45, 2.75) is 50.9 Å². The number of fused-ring (bicyclic) bond motifs is 6. The molecular formula is C73H62N2. The lowest BCUT2D eigenvalue weighted by Crippen LogP contribution is -2.27. The Balaban J connectivity index is 0.906. The van der Waals surface area contributed by atoms with Gasteiger partial charge in [-0.15, -0.1) is 0 Å². The Labute approximate surface area is 443 Å². The van der Waals surface area contributed by atoms with E-state index >= 15 is 0 Å². The number of nitrogens with zero attached hydrogens (tertiary/aromatic N) is 2. The van der Waals surface area contributed by atoms with Crippen LogP contribution in [0.3, 0.4) is 0 Å². The second kappa shape index (κ2) is 20.7. The predicted molar refractivity (Wildman–Crippen MR) is 321 cm³/mol. The molecule has 0 N–H and O–H groups in total. The van der Waals surface area contributed by atoms with Gasteiger partial charge in [0.25, 0.3) is 0 Å². The number of aromatic nitrogens is 1. The van der Waals surface area contributed by atoms with Crippen molar-refractivity contribution < 1.29 is 0 Å². The van der Waals surface area contributed by atoms with E-state index in [1.807, 2.05) is 12.2 Å². The number of unbranched alkanes of at least 4 members (excludes halogenated alkanes) is 1. The van der Waals surface area contributed by atoms with E-state index in [0.717, 1.165) is 47.6 Å². The van der Waals surface area contributed by atoms with Crippen LogP contribution in [0, 0.1) is 5.92 Å². The second-order valence-electron chi connectivity index (χ2n) is 20.4. The largest absolute Gasteiger partial charge is 0.310 e. The third-order valence-electron chi connectivity index (χ3n) is 16.1. The van der Waals surface area contributed by atoms with E-state index in [2.05, 4.69) is 272 Å². The molecule has 0 aliphatic heterocycles. The van der Waals surface area contributed by atoms with E-state index in [1.54, 1.807) is 0 Å². The molecule has 2 unspecified atom stereocenters. The average molecular weight is 967 g/mol. The molecule has 0 amide bonds. The molecule has 1 aliphatic rings. The van der Waals surface area contributed by atoms with Crippen LogP contribution in [0.15, 0.2) is 256 Å². The number of benzene rings is 10. The fourth-order valence-corrected chi connectivity index (χ4v) is 12.2. The first kappa shape index (κ1) is 47.3. The van der Waals surface area contributed by atoms with E-state index in [4.69, 9.17) is 0 Å². The van der Waals surface area contributed by atoms with Gasteiger partial charge in [0.1, 0.15) is 0 Å². The summed E-state index contributed by atoms with van der Waals surface area (Å²) < 4.78 is 2.40. The number of anilines is 3. The van der Waals surface area contributed by atoms with Crippen LogP contribution in [-0.4, -0.2) is 4.57 Å². The molecule has 0 fully saturated rings. The highest BCUT2D eigenvalue weighted by molar-refractivity contribution is 6.11. The van der Waals surface area contributed by atoms with E-state index in [9.17, 15) is 0 Å². The molecule has 0 radical (unpaired) electrons. The van der Waals surface area contributed by atoms with Crippen LogP contribution < -0.4 is 4.90 Å². The van der Waals surface area contributed by atoms with Crippen molar-refractivity contribution in [3.05, 3.63) is 289 Å². The third kappa shape index (κ3) is 8.91.